The van der Waals surface area contributed by atoms with Crippen molar-refractivity contribution in [3.8, 4) is 0 Å². The first-order valence-electron chi connectivity index (χ1n) is 3.42. The van der Waals surface area contributed by atoms with Gasteiger partial charge in [0.05, 0.1) is 5.56 Å². The molecule has 0 unspecified atom stereocenters. The summed E-state index contributed by atoms with van der Waals surface area (Å²) < 4.78 is 1.90. The number of aromatic nitrogens is 1. The SMILES string of the molecule is C=CC[n+]1cccc(C=O)c1. The molecule has 0 bridgehead atoms. The van der Waals surface area contributed by atoms with E-state index in [1.54, 1.807) is 18.3 Å². The zero-order valence-electron chi connectivity index (χ0n) is 6.23. The monoisotopic (exact) mass is 148 g/mol. The molecule has 2 heteroatoms. The summed E-state index contributed by atoms with van der Waals surface area (Å²) in [6.07, 6.45) is 6.30. The van der Waals surface area contributed by atoms with Gasteiger partial charge in [0.25, 0.3) is 0 Å². The smallest absolute Gasteiger partial charge is 0.179 e. The van der Waals surface area contributed by atoms with Crippen molar-refractivity contribution in [3.05, 3.63) is 42.7 Å². The van der Waals surface area contributed by atoms with E-state index in [0.717, 1.165) is 12.8 Å². The zero-order valence-corrected chi connectivity index (χ0v) is 6.23. The van der Waals surface area contributed by atoms with Crippen LogP contribution in [0.3, 0.4) is 0 Å². The van der Waals surface area contributed by atoms with Crippen LogP contribution in [0.2, 0.25) is 0 Å². The third-order valence-corrected chi connectivity index (χ3v) is 1.36. The van der Waals surface area contributed by atoms with Crippen LogP contribution in [0.25, 0.3) is 0 Å². The molecule has 0 radical (unpaired) electrons. The van der Waals surface area contributed by atoms with Crippen LogP contribution in [-0.2, 0) is 6.54 Å². The Morgan fingerprint density at radius 2 is 2.45 bits per heavy atom. The molecular weight excluding hydrogens is 138 g/mol. The fourth-order valence-electron chi connectivity index (χ4n) is 0.875. The quantitative estimate of drug-likeness (QED) is 0.355. The van der Waals surface area contributed by atoms with Crippen LogP contribution in [0.4, 0.5) is 0 Å². The molecule has 0 aliphatic heterocycles. The highest BCUT2D eigenvalue weighted by molar-refractivity contribution is 5.73. The van der Waals surface area contributed by atoms with Gasteiger partial charge in [0.2, 0.25) is 0 Å². The maximum Gasteiger partial charge on any atom is 0.179 e. The summed E-state index contributed by atoms with van der Waals surface area (Å²) in [5, 5.41) is 0. The predicted octanol–water partition coefficient (Wildman–Crippen LogP) is 0.973. The van der Waals surface area contributed by atoms with E-state index in [0.29, 0.717) is 5.56 Å². The fourth-order valence-corrected chi connectivity index (χ4v) is 0.875. The number of carbonyl (C=O) groups is 1. The average Bonchev–Trinajstić information content (AvgIpc) is 2.06. The molecule has 0 N–H and O–H groups in total. The van der Waals surface area contributed by atoms with Crippen molar-refractivity contribution in [2.24, 2.45) is 0 Å². The Morgan fingerprint density at radius 3 is 3.09 bits per heavy atom. The first-order valence-corrected chi connectivity index (χ1v) is 3.42. The lowest BCUT2D eigenvalue weighted by Crippen LogP contribution is -2.31. The lowest BCUT2D eigenvalue weighted by molar-refractivity contribution is -0.687. The summed E-state index contributed by atoms with van der Waals surface area (Å²) in [5.41, 5.74) is 0.689. The number of nitrogens with zero attached hydrogens (tertiary/aromatic N) is 1. The molecule has 1 aromatic heterocycles. The minimum Gasteiger partial charge on any atom is -0.298 e. The van der Waals surface area contributed by atoms with Crippen molar-refractivity contribution >= 4 is 6.29 Å². The summed E-state index contributed by atoms with van der Waals surface area (Å²) in [6.45, 7) is 4.34. The van der Waals surface area contributed by atoms with Crippen molar-refractivity contribution < 1.29 is 9.36 Å². The van der Waals surface area contributed by atoms with Crippen LogP contribution in [0.1, 0.15) is 10.4 Å². The average molecular weight is 148 g/mol. The van der Waals surface area contributed by atoms with Crippen LogP contribution >= 0.6 is 0 Å². The maximum atomic E-state index is 10.3. The molecule has 0 aliphatic carbocycles. The van der Waals surface area contributed by atoms with Gasteiger partial charge in [-0.15, -0.1) is 0 Å². The fraction of sp³-hybridized carbons (Fsp3) is 0.111. The van der Waals surface area contributed by atoms with Crippen molar-refractivity contribution in [3.63, 3.8) is 0 Å². The molecular formula is C9H10NO+. The number of allylic oxidation sites excluding steroid dienone is 1. The minimum absolute atomic E-state index is 0.689. The van der Waals surface area contributed by atoms with Gasteiger partial charge >= 0.3 is 0 Å². The highest BCUT2D eigenvalue weighted by atomic mass is 16.1. The third kappa shape index (κ3) is 2.00. The van der Waals surface area contributed by atoms with E-state index in [1.165, 1.54) is 0 Å². The normalized spacial score (nSPS) is 9.09. The molecule has 0 aliphatic rings. The summed E-state index contributed by atoms with van der Waals surface area (Å²) in [4.78, 5) is 10.3. The second-order valence-electron chi connectivity index (χ2n) is 2.24. The Morgan fingerprint density at radius 1 is 1.64 bits per heavy atom. The van der Waals surface area contributed by atoms with E-state index in [9.17, 15) is 4.79 Å². The van der Waals surface area contributed by atoms with Gasteiger partial charge in [-0.3, -0.25) is 4.79 Å². The van der Waals surface area contributed by atoms with Gasteiger partial charge in [0.1, 0.15) is 0 Å². The highest BCUT2D eigenvalue weighted by Crippen LogP contribution is 1.87. The minimum atomic E-state index is 0.689. The van der Waals surface area contributed by atoms with Crippen molar-refractivity contribution in [1.82, 2.24) is 0 Å². The highest BCUT2D eigenvalue weighted by Gasteiger charge is 1.97. The largest absolute Gasteiger partial charge is 0.298 e. The van der Waals surface area contributed by atoms with Crippen molar-refractivity contribution in [2.45, 2.75) is 6.54 Å². The molecule has 56 valence electrons. The third-order valence-electron chi connectivity index (χ3n) is 1.36. The zero-order chi connectivity index (χ0) is 8.10. The lowest BCUT2D eigenvalue weighted by Gasteiger charge is -1.90. The molecule has 0 spiro atoms. The maximum absolute atomic E-state index is 10.3. The number of aldehydes is 1. The van der Waals surface area contributed by atoms with E-state index >= 15 is 0 Å². The molecule has 0 fully saturated rings. The molecule has 2 nitrogen and oxygen atoms in total. The van der Waals surface area contributed by atoms with Gasteiger partial charge < -0.3 is 0 Å². The van der Waals surface area contributed by atoms with Crippen LogP contribution in [0.5, 0.6) is 0 Å². The van der Waals surface area contributed by atoms with E-state index in [1.807, 2.05) is 16.8 Å². The van der Waals surface area contributed by atoms with Crippen LogP contribution in [0.15, 0.2) is 37.2 Å². The van der Waals surface area contributed by atoms with E-state index in [2.05, 4.69) is 6.58 Å². The van der Waals surface area contributed by atoms with Gasteiger partial charge in [-0.1, -0.05) is 6.58 Å². The summed E-state index contributed by atoms with van der Waals surface area (Å²) in [5.74, 6) is 0. The lowest BCUT2D eigenvalue weighted by atomic mass is 10.3. The Hall–Kier alpha value is -1.44. The molecule has 0 aromatic carbocycles. The second kappa shape index (κ2) is 3.66. The van der Waals surface area contributed by atoms with E-state index < -0.39 is 0 Å². The van der Waals surface area contributed by atoms with Crippen molar-refractivity contribution in [2.75, 3.05) is 0 Å². The van der Waals surface area contributed by atoms with Gasteiger partial charge in [-0.05, 0) is 12.1 Å². The molecule has 1 aromatic rings. The van der Waals surface area contributed by atoms with E-state index in [4.69, 9.17) is 0 Å². The second-order valence-corrected chi connectivity index (χ2v) is 2.24. The number of rotatable bonds is 3. The van der Waals surface area contributed by atoms with Crippen LogP contribution in [0, 0.1) is 0 Å². The molecule has 0 saturated carbocycles. The molecule has 1 heterocycles. The number of hydrogen-bond donors (Lipinski definition) is 0. The predicted molar refractivity (Wildman–Crippen MR) is 42.2 cm³/mol. The number of pyridine rings is 1. The van der Waals surface area contributed by atoms with Gasteiger partial charge in [0, 0.05) is 6.07 Å². The van der Waals surface area contributed by atoms with Crippen molar-refractivity contribution in [1.29, 1.82) is 0 Å². The van der Waals surface area contributed by atoms with Gasteiger partial charge in [-0.25, -0.2) is 4.57 Å². The Bertz CT molecular complexity index is 268. The molecule has 0 saturated heterocycles. The first kappa shape index (κ1) is 7.66. The Balaban J connectivity index is 2.90. The number of carbonyl (C=O) groups excluding carboxylic acids is 1. The molecule has 0 amide bonds. The van der Waals surface area contributed by atoms with Gasteiger partial charge in [-0.2, -0.15) is 0 Å². The number of hydrogen-bond acceptors (Lipinski definition) is 1. The van der Waals surface area contributed by atoms with Crippen LogP contribution in [-0.4, -0.2) is 6.29 Å². The van der Waals surface area contributed by atoms with Gasteiger partial charge in [0.15, 0.2) is 25.2 Å². The Kier molecular flexibility index (Phi) is 2.55. The van der Waals surface area contributed by atoms with E-state index in [-0.39, 0.29) is 0 Å². The standard InChI is InChI=1S/C9H10NO/c1-2-5-10-6-3-4-9(7-10)8-11/h2-4,6-8H,1,5H2/q+1. The topological polar surface area (TPSA) is 20.9 Å². The molecule has 0 atom stereocenters. The molecule has 11 heavy (non-hydrogen) atoms. The Labute approximate surface area is 65.8 Å². The summed E-state index contributed by atoms with van der Waals surface area (Å²) in [7, 11) is 0. The van der Waals surface area contributed by atoms with Crippen LogP contribution < -0.4 is 4.57 Å². The summed E-state index contributed by atoms with van der Waals surface area (Å²) >= 11 is 0. The first-order chi connectivity index (χ1) is 5.36. The molecule has 1 rings (SSSR count). The summed E-state index contributed by atoms with van der Waals surface area (Å²) in [6, 6.07) is 3.61.